The standard InChI is InChI=1S/C46H52ClF3N8O5/c1-27(31-20-32(46(48,49)50)23-33(51)21-31)52-42-35-24-40(39(62-3)25-37(35)53-28(2)54-42)63-34-8-15-56(16-9-34)26-29-6-11-45(12-7-29)13-18-57(19-14-45)43(60)30-4-5-36(47)38(22-30)58-17-10-41(59)55-44(58)61/h4-5,10,17,20-25,27,29,34H,6-9,11-16,18-19,26,51H2,1-3H3,(H,52,53,54)(H,55,59,61). The molecule has 3 aliphatic rings. The number of aromatic nitrogens is 4. The lowest BCUT2D eigenvalue weighted by Crippen LogP contribution is -2.46. The first-order chi connectivity index (χ1) is 30.1. The molecule has 1 unspecified atom stereocenters. The summed E-state index contributed by atoms with van der Waals surface area (Å²) in [6.07, 6.45) is 5.02. The SMILES string of the molecule is COc1cc2nc(C)nc(NC(C)c3cc(N)cc(C(F)(F)F)c3)c2cc1OC1CCN(CC2CCC3(CC2)CCN(C(=O)c2ccc(Cl)c(-n4ccc(=O)[nH]c4=O)c2)CC3)CC1. The van der Waals surface area contributed by atoms with Crippen molar-refractivity contribution in [1.82, 2.24) is 29.3 Å². The normalized spacial score (nSPS) is 18.1. The average Bonchev–Trinajstić information content (AvgIpc) is 3.25. The third-order valence-corrected chi connectivity index (χ3v) is 13.5. The topological polar surface area (TPSA) is 161 Å². The second-order valence-electron chi connectivity index (χ2n) is 17.4. The Kier molecular flexibility index (Phi) is 12.5. The van der Waals surface area contributed by atoms with Crippen molar-refractivity contribution in [3.63, 3.8) is 0 Å². The summed E-state index contributed by atoms with van der Waals surface area (Å²) in [4.78, 5) is 53.5. The van der Waals surface area contributed by atoms with Crippen LogP contribution < -0.4 is 31.8 Å². The first-order valence-corrected chi connectivity index (χ1v) is 21.8. The van der Waals surface area contributed by atoms with E-state index in [-0.39, 0.29) is 23.1 Å². The Morgan fingerprint density at radius 2 is 1.70 bits per heavy atom. The number of ether oxygens (including phenoxy) is 2. The number of nitrogens with two attached hydrogens (primary N) is 1. The van der Waals surface area contributed by atoms with Gasteiger partial charge in [-0.2, -0.15) is 13.2 Å². The van der Waals surface area contributed by atoms with E-state index in [1.54, 1.807) is 45.2 Å². The molecule has 2 saturated heterocycles. The van der Waals surface area contributed by atoms with E-state index in [0.717, 1.165) is 83.1 Å². The maximum Gasteiger partial charge on any atom is 0.416 e. The van der Waals surface area contributed by atoms with E-state index in [4.69, 9.17) is 26.8 Å². The van der Waals surface area contributed by atoms with Gasteiger partial charge in [0.2, 0.25) is 0 Å². The zero-order chi connectivity index (χ0) is 44.6. The summed E-state index contributed by atoms with van der Waals surface area (Å²) in [6.45, 7) is 7.74. The fourth-order valence-corrected chi connectivity index (χ4v) is 9.73. The Hall–Kier alpha value is -5.61. The minimum absolute atomic E-state index is 0.0267. The van der Waals surface area contributed by atoms with Crippen LogP contribution in [0.5, 0.6) is 11.5 Å². The molecule has 2 aliphatic heterocycles. The van der Waals surface area contributed by atoms with E-state index < -0.39 is 29.0 Å². The molecular weight excluding hydrogens is 837 g/mol. The van der Waals surface area contributed by atoms with Gasteiger partial charge in [-0.3, -0.25) is 19.1 Å². The molecule has 1 spiro atoms. The minimum Gasteiger partial charge on any atom is -0.493 e. The number of aromatic amines is 1. The number of H-pyrrole nitrogens is 1. The van der Waals surface area contributed by atoms with Crippen molar-refractivity contribution in [1.29, 1.82) is 0 Å². The van der Waals surface area contributed by atoms with Crippen LogP contribution >= 0.6 is 11.6 Å². The number of nitrogens with one attached hydrogen (secondary N) is 2. The number of piperidine rings is 2. The monoisotopic (exact) mass is 888 g/mol. The number of hydrogen-bond donors (Lipinski definition) is 3. The lowest BCUT2D eigenvalue weighted by atomic mass is 9.65. The maximum absolute atomic E-state index is 13.6. The molecule has 334 valence electrons. The maximum atomic E-state index is 13.6. The zero-order valence-electron chi connectivity index (χ0n) is 35.6. The van der Waals surface area contributed by atoms with Gasteiger partial charge in [-0.15, -0.1) is 0 Å². The molecule has 13 nitrogen and oxygen atoms in total. The first-order valence-electron chi connectivity index (χ1n) is 21.5. The number of rotatable bonds is 10. The molecule has 0 radical (unpaired) electrons. The molecule has 4 N–H and O–H groups in total. The van der Waals surface area contributed by atoms with E-state index in [2.05, 4.69) is 25.2 Å². The third kappa shape index (κ3) is 9.81. The highest BCUT2D eigenvalue weighted by molar-refractivity contribution is 6.32. The van der Waals surface area contributed by atoms with Crippen LogP contribution in [0.1, 0.15) is 91.6 Å². The van der Waals surface area contributed by atoms with Crippen molar-refractivity contribution in [2.24, 2.45) is 11.3 Å². The predicted octanol–water partition coefficient (Wildman–Crippen LogP) is 8.17. The molecule has 3 aromatic carbocycles. The van der Waals surface area contributed by atoms with Crippen LogP contribution in [-0.4, -0.2) is 81.2 Å². The van der Waals surface area contributed by atoms with Crippen molar-refractivity contribution in [2.75, 3.05) is 50.9 Å². The summed E-state index contributed by atoms with van der Waals surface area (Å²) < 4.78 is 54.3. The Balaban J connectivity index is 0.836. The fraction of sp³-hybridized carbons (Fsp3) is 0.457. The van der Waals surface area contributed by atoms with Crippen LogP contribution in [0, 0.1) is 18.3 Å². The van der Waals surface area contributed by atoms with Gasteiger partial charge in [0, 0.05) is 67.7 Å². The molecule has 17 heteroatoms. The largest absolute Gasteiger partial charge is 0.493 e. The number of alkyl halides is 3. The summed E-state index contributed by atoms with van der Waals surface area (Å²) in [5, 5.41) is 4.25. The molecular formula is C46H52ClF3N8O5. The van der Waals surface area contributed by atoms with Gasteiger partial charge >= 0.3 is 11.9 Å². The molecule has 0 bridgehead atoms. The first kappa shape index (κ1) is 44.0. The van der Waals surface area contributed by atoms with E-state index in [0.29, 0.717) is 74.9 Å². The summed E-state index contributed by atoms with van der Waals surface area (Å²) in [5.74, 6) is 2.57. The summed E-state index contributed by atoms with van der Waals surface area (Å²) >= 11 is 6.40. The number of nitrogens with zero attached hydrogens (tertiary/aromatic N) is 5. The van der Waals surface area contributed by atoms with Crippen LogP contribution in [0.4, 0.5) is 24.7 Å². The Morgan fingerprint density at radius 1 is 0.968 bits per heavy atom. The number of amides is 1. The van der Waals surface area contributed by atoms with Crippen molar-refractivity contribution < 1.29 is 27.4 Å². The van der Waals surface area contributed by atoms with Crippen LogP contribution in [0.3, 0.4) is 0 Å². The fourth-order valence-electron chi connectivity index (χ4n) is 9.52. The number of hydrogen-bond acceptors (Lipinski definition) is 10. The van der Waals surface area contributed by atoms with E-state index >= 15 is 0 Å². The number of fused-ring (bicyclic) bond motifs is 1. The second-order valence-corrected chi connectivity index (χ2v) is 17.8. The van der Waals surface area contributed by atoms with Crippen molar-refractivity contribution in [3.8, 4) is 17.2 Å². The molecule has 1 aliphatic carbocycles. The Morgan fingerprint density at radius 3 is 2.38 bits per heavy atom. The number of aryl methyl sites for hydroxylation is 1. The number of methoxy groups -OCH3 is 1. The highest BCUT2D eigenvalue weighted by Gasteiger charge is 2.40. The molecule has 5 aromatic rings. The number of carbonyl (C=O) groups is 1. The number of halogens is 4. The van der Waals surface area contributed by atoms with Crippen molar-refractivity contribution in [2.45, 2.75) is 83.5 Å². The smallest absolute Gasteiger partial charge is 0.416 e. The van der Waals surface area contributed by atoms with Gasteiger partial charge in [0.05, 0.1) is 34.9 Å². The van der Waals surface area contributed by atoms with E-state index in [1.165, 1.54) is 22.9 Å². The van der Waals surface area contributed by atoms with Gasteiger partial charge in [-0.25, -0.2) is 14.8 Å². The van der Waals surface area contributed by atoms with Gasteiger partial charge in [-0.1, -0.05) is 11.6 Å². The van der Waals surface area contributed by atoms with Crippen molar-refractivity contribution in [3.05, 3.63) is 109 Å². The lowest BCUT2D eigenvalue weighted by molar-refractivity contribution is -0.137. The van der Waals surface area contributed by atoms with Gasteiger partial charge in [0.1, 0.15) is 17.7 Å². The average molecular weight is 889 g/mol. The van der Waals surface area contributed by atoms with Gasteiger partial charge in [-0.05, 0) is 125 Å². The molecule has 8 rings (SSSR count). The summed E-state index contributed by atoms with van der Waals surface area (Å²) in [6, 6.07) is 12.8. The van der Waals surface area contributed by atoms with E-state index in [1.807, 2.05) is 11.0 Å². The quantitative estimate of drug-likeness (QED) is 0.117. The number of likely N-dealkylation sites (tertiary alicyclic amines) is 2. The molecule has 1 saturated carbocycles. The van der Waals surface area contributed by atoms with Crippen LogP contribution in [0.25, 0.3) is 16.6 Å². The van der Waals surface area contributed by atoms with Crippen LogP contribution in [0.2, 0.25) is 5.02 Å². The number of nitrogen functional groups attached to an aromatic ring is 1. The van der Waals surface area contributed by atoms with Crippen LogP contribution in [0.15, 0.2) is 70.4 Å². The second kappa shape index (κ2) is 17.9. The molecule has 1 atom stereocenters. The highest BCUT2D eigenvalue weighted by Crippen LogP contribution is 2.47. The molecule has 3 fully saturated rings. The predicted molar refractivity (Wildman–Crippen MR) is 236 cm³/mol. The third-order valence-electron chi connectivity index (χ3n) is 13.1. The van der Waals surface area contributed by atoms with Gasteiger partial charge in [0.15, 0.2) is 11.5 Å². The summed E-state index contributed by atoms with van der Waals surface area (Å²) in [5.41, 5.74) is 5.96. The highest BCUT2D eigenvalue weighted by atomic mass is 35.5. The minimum atomic E-state index is -4.53. The number of benzene rings is 3. The lowest BCUT2D eigenvalue weighted by Gasteiger charge is -2.47. The van der Waals surface area contributed by atoms with Crippen molar-refractivity contribution >= 4 is 39.9 Å². The Labute approximate surface area is 367 Å². The molecule has 4 heterocycles. The molecule has 2 aromatic heterocycles. The summed E-state index contributed by atoms with van der Waals surface area (Å²) in [7, 11) is 1.58. The molecule has 1 amide bonds. The number of carbonyl (C=O) groups excluding carboxylic acids is 1. The van der Waals surface area contributed by atoms with Crippen LogP contribution in [-0.2, 0) is 6.18 Å². The Bertz CT molecular complexity index is 2610. The molecule has 63 heavy (non-hydrogen) atoms. The zero-order valence-corrected chi connectivity index (χ0v) is 36.3. The number of anilines is 2. The van der Waals surface area contributed by atoms with Gasteiger partial charge in [0.25, 0.3) is 11.5 Å². The van der Waals surface area contributed by atoms with E-state index in [9.17, 15) is 27.6 Å². The van der Waals surface area contributed by atoms with Gasteiger partial charge < -0.3 is 30.3 Å².